The third-order valence-corrected chi connectivity index (χ3v) is 5.38. The number of nitrogens with one attached hydrogen (secondary N) is 1. The van der Waals surface area contributed by atoms with Gasteiger partial charge in [0, 0.05) is 29.9 Å². The van der Waals surface area contributed by atoms with Gasteiger partial charge in [0.2, 0.25) is 0 Å². The molecule has 1 saturated heterocycles. The van der Waals surface area contributed by atoms with E-state index in [1.54, 1.807) is 13.3 Å². The Balaban J connectivity index is 1.64. The van der Waals surface area contributed by atoms with E-state index >= 15 is 0 Å². The second kappa shape index (κ2) is 7.94. The summed E-state index contributed by atoms with van der Waals surface area (Å²) < 4.78 is 5.59. The van der Waals surface area contributed by atoms with Crippen molar-refractivity contribution < 1.29 is 9.84 Å². The highest BCUT2D eigenvalue weighted by Gasteiger charge is 2.30. The Morgan fingerprint density at radius 3 is 2.78 bits per heavy atom. The maximum absolute atomic E-state index is 11.2. The zero-order valence-corrected chi connectivity index (χ0v) is 15.5. The predicted octanol–water partition coefficient (Wildman–Crippen LogP) is 4.30. The number of likely N-dealkylation sites (tertiary alicyclic amines) is 1. The molecule has 1 aliphatic rings. The number of rotatable bonds is 5. The minimum Gasteiger partial charge on any atom is -0.496 e. The second-order valence-corrected chi connectivity index (χ2v) is 6.98. The average molecular weight is 363 g/mol. The topological polar surface area (TPSA) is 61.4 Å². The molecule has 0 saturated carbocycles. The first-order chi connectivity index (χ1) is 13.3. The van der Waals surface area contributed by atoms with Crippen molar-refractivity contribution in [2.24, 2.45) is 0 Å². The molecular formula is C22H25N3O2. The standard InChI is InChI=1S/C22H25N3O2/c1-27-21-13-17(10-11-19(21)18-14-23-24-15-18)22(26)25-12-6-5-9-20(25)16-7-3-2-4-8-16/h2-4,7-8,10-11,13-15,20,22,26H,5-6,9,12H2,1H3,(H,23,24). The van der Waals surface area contributed by atoms with Crippen molar-refractivity contribution in [1.29, 1.82) is 0 Å². The Hall–Kier alpha value is -2.63. The highest BCUT2D eigenvalue weighted by molar-refractivity contribution is 5.69. The molecule has 1 fully saturated rings. The summed E-state index contributed by atoms with van der Waals surface area (Å²) in [6, 6.07) is 16.6. The van der Waals surface area contributed by atoms with E-state index in [-0.39, 0.29) is 6.04 Å². The van der Waals surface area contributed by atoms with Gasteiger partial charge in [-0.1, -0.05) is 48.9 Å². The lowest BCUT2D eigenvalue weighted by Gasteiger charge is -2.39. The summed E-state index contributed by atoms with van der Waals surface area (Å²) in [5, 5.41) is 18.0. The van der Waals surface area contributed by atoms with Crippen molar-refractivity contribution in [2.45, 2.75) is 31.5 Å². The Morgan fingerprint density at radius 2 is 2.04 bits per heavy atom. The zero-order valence-electron chi connectivity index (χ0n) is 15.5. The number of piperidine rings is 1. The van der Waals surface area contributed by atoms with Gasteiger partial charge >= 0.3 is 0 Å². The summed E-state index contributed by atoms with van der Waals surface area (Å²) in [5.74, 6) is 0.737. The van der Waals surface area contributed by atoms with Crippen LogP contribution in [0.25, 0.3) is 11.1 Å². The van der Waals surface area contributed by atoms with Crippen molar-refractivity contribution in [3.63, 3.8) is 0 Å². The van der Waals surface area contributed by atoms with Crippen LogP contribution in [0.1, 0.15) is 42.7 Å². The van der Waals surface area contributed by atoms with Crippen LogP contribution in [0.3, 0.4) is 0 Å². The van der Waals surface area contributed by atoms with Gasteiger partial charge in [0.15, 0.2) is 0 Å². The lowest BCUT2D eigenvalue weighted by atomic mass is 9.94. The number of hydrogen-bond donors (Lipinski definition) is 2. The molecule has 0 aliphatic carbocycles. The fourth-order valence-electron chi connectivity index (χ4n) is 3.98. The molecule has 0 spiro atoms. The SMILES string of the molecule is COc1cc(C(O)N2CCCCC2c2ccccc2)ccc1-c1cn[nH]c1. The van der Waals surface area contributed by atoms with E-state index in [0.29, 0.717) is 0 Å². The minimum absolute atomic E-state index is 0.231. The Kier molecular flexibility index (Phi) is 5.23. The van der Waals surface area contributed by atoms with Gasteiger partial charge in [-0.25, -0.2) is 0 Å². The number of benzene rings is 2. The van der Waals surface area contributed by atoms with Crippen LogP contribution in [0, 0.1) is 0 Å². The second-order valence-electron chi connectivity index (χ2n) is 6.98. The van der Waals surface area contributed by atoms with Gasteiger partial charge in [-0.3, -0.25) is 10.00 Å². The van der Waals surface area contributed by atoms with E-state index in [1.165, 1.54) is 12.0 Å². The lowest BCUT2D eigenvalue weighted by Crippen LogP contribution is -2.36. The lowest BCUT2D eigenvalue weighted by molar-refractivity contribution is -0.0445. The van der Waals surface area contributed by atoms with Gasteiger partial charge in [-0.2, -0.15) is 5.10 Å². The number of ether oxygens (including phenoxy) is 1. The molecule has 140 valence electrons. The third-order valence-electron chi connectivity index (χ3n) is 5.38. The quantitative estimate of drug-likeness (QED) is 0.709. The monoisotopic (exact) mass is 363 g/mol. The van der Waals surface area contributed by atoms with Gasteiger partial charge in [0.1, 0.15) is 12.0 Å². The van der Waals surface area contributed by atoms with Crippen LogP contribution in [0.5, 0.6) is 5.75 Å². The Morgan fingerprint density at radius 1 is 1.19 bits per heavy atom. The van der Waals surface area contributed by atoms with Crippen molar-refractivity contribution >= 4 is 0 Å². The summed E-state index contributed by atoms with van der Waals surface area (Å²) in [6.45, 7) is 0.881. The number of hydrogen-bond acceptors (Lipinski definition) is 4. The van der Waals surface area contributed by atoms with Gasteiger partial charge in [0.05, 0.1) is 13.3 Å². The first-order valence-corrected chi connectivity index (χ1v) is 9.44. The smallest absolute Gasteiger partial charge is 0.134 e. The highest BCUT2D eigenvalue weighted by Crippen LogP contribution is 2.38. The van der Waals surface area contributed by atoms with E-state index in [4.69, 9.17) is 4.74 Å². The molecule has 2 aromatic carbocycles. The number of aliphatic hydroxyl groups excluding tert-OH is 1. The summed E-state index contributed by atoms with van der Waals surface area (Å²) in [5.41, 5.74) is 4.04. The number of aromatic nitrogens is 2. The highest BCUT2D eigenvalue weighted by atomic mass is 16.5. The molecule has 4 rings (SSSR count). The molecule has 2 heterocycles. The molecule has 0 amide bonds. The first-order valence-electron chi connectivity index (χ1n) is 9.44. The zero-order chi connectivity index (χ0) is 18.6. The predicted molar refractivity (Wildman–Crippen MR) is 105 cm³/mol. The van der Waals surface area contributed by atoms with Crippen LogP contribution in [-0.4, -0.2) is 33.9 Å². The molecule has 0 radical (unpaired) electrons. The number of methoxy groups -OCH3 is 1. The molecular weight excluding hydrogens is 338 g/mol. The Labute approximate surface area is 159 Å². The number of nitrogens with zero attached hydrogens (tertiary/aromatic N) is 2. The average Bonchev–Trinajstić information content (AvgIpc) is 3.28. The van der Waals surface area contributed by atoms with Crippen LogP contribution in [-0.2, 0) is 0 Å². The molecule has 2 N–H and O–H groups in total. The summed E-state index contributed by atoms with van der Waals surface area (Å²) >= 11 is 0. The molecule has 2 atom stereocenters. The van der Waals surface area contributed by atoms with E-state index in [1.807, 2.05) is 30.5 Å². The molecule has 27 heavy (non-hydrogen) atoms. The number of aromatic amines is 1. The Bertz CT molecular complexity index is 865. The number of H-pyrrole nitrogens is 1. The maximum Gasteiger partial charge on any atom is 0.134 e. The van der Waals surface area contributed by atoms with Crippen molar-refractivity contribution in [3.05, 3.63) is 72.1 Å². The fraction of sp³-hybridized carbons (Fsp3) is 0.318. The molecule has 0 bridgehead atoms. The molecule has 5 nitrogen and oxygen atoms in total. The molecule has 5 heteroatoms. The van der Waals surface area contributed by atoms with Gasteiger partial charge in [-0.05, 0) is 30.0 Å². The van der Waals surface area contributed by atoms with E-state index < -0.39 is 6.23 Å². The summed E-state index contributed by atoms with van der Waals surface area (Å²) in [6.07, 6.45) is 6.29. The van der Waals surface area contributed by atoms with Crippen LogP contribution in [0.4, 0.5) is 0 Å². The van der Waals surface area contributed by atoms with Crippen LogP contribution < -0.4 is 4.74 Å². The van der Waals surface area contributed by atoms with Gasteiger partial charge in [0.25, 0.3) is 0 Å². The normalized spacial score (nSPS) is 19.0. The third kappa shape index (κ3) is 3.61. The first kappa shape index (κ1) is 17.8. The van der Waals surface area contributed by atoms with Crippen LogP contribution in [0.2, 0.25) is 0 Å². The van der Waals surface area contributed by atoms with Gasteiger partial charge in [-0.15, -0.1) is 0 Å². The van der Waals surface area contributed by atoms with E-state index in [9.17, 15) is 5.11 Å². The van der Waals surface area contributed by atoms with Crippen molar-refractivity contribution in [1.82, 2.24) is 15.1 Å². The largest absolute Gasteiger partial charge is 0.496 e. The summed E-state index contributed by atoms with van der Waals surface area (Å²) in [4.78, 5) is 2.20. The maximum atomic E-state index is 11.2. The van der Waals surface area contributed by atoms with E-state index in [2.05, 4.69) is 39.4 Å². The molecule has 1 aromatic heterocycles. The number of aliphatic hydroxyl groups is 1. The fourth-order valence-corrected chi connectivity index (χ4v) is 3.98. The van der Waals surface area contributed by atoms with E-state index in [0.717, 1.165) is 41.8 Å². The molecule has 3 aromatic rings. The van der Waals surface area contributed by atoms with Crippen molar-refractivity contribution in [2.75, 3.05) is 13.7 Å². The molecule has 2 unspecified atom stereocenters. The minimum atomic E-state index is -0.664. The van der Waals surface area contributed by atoms with Gasteiger partial charge < -0.3 is 9.84 Å². The van der Waals surface area contributed by atoms with Crippen LogP contribution in [0.15, 0.2) is 60.9 Å². The molecule has 1 aliphatic heterocycles. The van der Waals surface area contributed by atoms with Crippen molar-refractivity contribution in [3.8, 4) is 16.9 Å². The summed E-state index contributed by atoms with van der Waals surface area (Å²) in [7, 11) is 1.66. The van der Waals surface area contributed by atoms with Crippen LogP contribution >= 0.6 is 0 Å².